The molecule has 0 bridgehead atoms. The number of amides is 2. The van der Waals surface area contributed by atoms with Crippen molar-refractivity contribution >= 4 is 28.9 Å². The molecular formula is C21H21ClF3N3O3. The van der Waals surface area contributed by atoms with E-state index in [1.807, 2.05) is 0 Å². The summed E-state index contributed by atoms with van der Waals surface area (Å²) in [5.74, 6) is -3.79. The molecule has 2 aromatic rings. The smallest absolute Gasteiger partial charge is 0.322 e. The van der Waals surface area contributed by atoms with Gasteiger partial charge in [0.15, 0.2) is 0 Å². The molecule has 10 heteroatoms. The molecule has 0 unspecified atom stereocenters. The molecule has 1 aliphatic rings. The first kappa shape index (κ1) is 23.1. The van der Waals surface area contributed by atoms with Crippen LogP contribution in [-0.4, -0.2) is 45.8 Å². The number of carbonyl (C=O) groups excluding carboxylic acids is 1. The van der Waals surface area contributed by atoms with Crippen LogP contribution >= 0.6 is 11.6 Å². The normalized spacial score (nSPS) is 15.5. The molecule has 0 aliphatic carbocycles. The fourth-order valence-corrected chi connectivity index (χ4v) is 3.47. The minimum absolute atomic E-state index is 0.0944. The van der Waals surface area contributed by atoms with E-state index in [0.717, 1.165) is 19.1 Å². The van der Waals surface area contributed by atoms with E-state index in [4.69, 9.17) is 16.7 Å². The maximum Gasteiger partial charge on any atom is 0.322 e. The van der Waals surface area contributed by atoms with E-state index in [9.17, 15) is 23.1 Å². The molecule has 2 heterocycles. The largest absolute Gasteiger partial charge is 0.393 e. The minimum Gasteiger partial charge on any atom is -0.393 e. The van der Waals surface area contributed by atoms with Crippen molar-refractivity contribution in [2.45, 2.75) is 25.4 Å². The van der Waals surface area contributed by atoms with Gasteiger partial charge in [0.05, 0.1) is 6.61 Å². The van der Waals surface area contributed by atoms with Crippen molar-refractivity contribution in [2.75, 3.05) is 25.0 Å². The first-order valence-corrected chi connectivity index (χ1v) is 9.85. The number of rotatable bonds is 5. The fourth-order valence-electron chi connectivity index (χ4n) is 3.19. The quantitative estimate of drug-likeness (QED) is 0.626. The highest BCUT2D eigenvalue weighted by molar-refractivity contribution is 6.31. The molecule has 1 atom stereocenters. The highest BCUT2D eigenvalue weighted by Gasteiger charge is 2.28. The lowest BCUT2D eigenvalue weighted by atomic mass is 10.0. The van der Waals surface area contributed by atoms with Crippen molar-refractivity contribution in [1.82, 2.24) is 9.88 Å². The van der Waals surface area contributed by atoms with Crippen LogP contribution in [0.2, 0.25) is 5.02 Å². The number of carbonyl (C=O) groups is 1. The summed E-state index contributed by atoms with van der Waals surface area (Å²) >= 11 is 5.81. The molecular weight excluding hydrogens is 435 g/mol. The SMILES string of the molecule is CC(F)(F)c1cc(NC(=O)N2CC=C(c3ncc([C@H](O)CO)cc3F)CC2)ccc1Cl. The second-order valence-electron chi connectivity index (χ2n) is 7.24. The number of halogens is 4. The number of pyridine rings is 1. The van der Waals surface area contributed by atoms with E-state index in [-0.39, 0.29) is 40.6 Å². The Morgan fingerprint density at radius 1 is 1.39 bits per heavy atom. The van der Waals surface area contributed by atoms with E-state index in [0.29, 0.717) is 12.0 Å². The van der Waals surface area contributed by atoms with E-state index in [1.54, 1.807) is 6.08 Å². The third kappa shape index (κ3) is 5.36. The molecule has 166 valence electrons. The maximum atomic E-state index is 14.4. The number of aromatic nitrogens is 1. The summed E-state index contributed by atoms with van der Waals surface area (Å²) in [6.45, 7) is 0.622. The van der Waals surface area contributed by atoms with Gasteiger partial charge in [0.2, 0.25) is 0 Å². The van der Waals surface area contributed by atoms with Crippen molar-refractivity contribution in [3.63, 3.8) is 0 Å². The van der Waals surface area contributed by atoms with Crippen LogP contribution in [-0.2, 0) is 5.92 Å². The molecule has 1 aromatic carbocycles. The van der Waals surface area contributed by atoms with Crippen LogP contribution in [0, 0.1) is 5.82 Å². The van der Waals surface area contributed by atoms with Gasteiger partial charge < -0.3 is 20.4 Å². The highest BCUT2D eigenvalue weighted by atomic mass is 35.5. The molecule has 1 aromatic heterocycles. The third-order valence-electron chi connectivity index (χ3n) is 4.91. The summed E-state index contributed by atoms with van der Waals surface area (Å²) in [6, 6.07) is 4.49. The van der Waals surface area contributed by atoms with Crippen molar-refractivity contribution in [3.8, 4) is 0 Å². The van der Waals surface area contributed by atoms with Crippen LogP contribution in [0.3, 0.4) is 0 Å². The summed E-state index contributed by atoms with van der Waals surface area (Å²) in [7, 11) is 0. The number of alkyl halides is 2. The molecule has 0 radical (unpaired) electrons. The molecule has 0 saturated heterocycles. The van der Waals surface area contributed by atoms with Gasteiger partial charge in [-0.25, -0.2) is 18.0 Å². The Morgan fingerprint density at radius 2 is 2.13 bits per heavy atom. The van der Waals surface area contributed by atoms with Gasteiger partial charge in [-0.3, -0.25) is 4.98 Å². The zero-order valence-corrected chi connectivity index (χ0v) is 17.3. The molecule has 0 fully saturated rings. The maximum absolute atomic E-state index is 14.4. The molecule has 0 saturated carbocycles. The van der Waals surface area contributed by atoms with Gasteiger partial charge in [-0.2, -0.15) is 0 Å². The number of aliphatic hydroxyl groups is 2. The Labute approximate surface area is 182 Å². The van der Waals surface area contributed by atoms with Crippen molar-refractivity contribution in [2.24, 2.45) is 0 Å². The Bertz CT molecular complexity index is 1010. The van der Waals surface area contributed by atoms with Crippen molar-refractivity contribution in [1.29, 1.82) is 0 Å². The van der Waals surface area contributed by atoms with Crippen LogP contribution in [0.25, 0.3) is 5.57 Å². The molecule has 3 N–H and O–H groups in total. The predicted octanol–water partition coefficient (Wildman–Crippen LogP) is 4.33. The van der Waals surface area contributed by atoms with Gasteiger partial charge in [-0.05, 0) is 36.3 Å². The average molecular weight is 456 g/mol. The second kappa shape index (κ2) is 9.25. The number of anilines is 1. The molecule has 0 spiro atoms. The molecule has 31 heavy (non-hydrogen) atoms. The van der Waals surface area contributed by atoms with Crippen molar-refractivity contribution in [3.05, 3.63) is 64.2 Å². The van der Waals surface area contributed by atoms with Crippen LogP contribution in [0.5, 0.6) is 0 Å². The number of benzene rings is 1. The highest BCUT2D eigenvalue weighted by Crippen LogP contribution is 2.34. The average Bonchev–Trinajstić information content (AvgIpc) is 2.73. The van der Waals surface area contributed by atoms with Crippen LogP contribution in [0.1, 0.15) is 36.3 Å². The lowest BCUT2D eigenvalue weighted by Gasteiger charge is -2.27. The number of urea groups is 1. The van der Waals surface area contributed by atoms with Crippen molar-refractivity contribution < 1.29 is 28.2 Å². The van der Waals surface area contributed by atoms with Gasteiger partial charge in [0.1, 0.15) is 17.6 Å². The second-order valence-corrected chi connectivity index (χ2v) is 7.64. The number of nitrogens with one attached hydrogen (secondary N) is 1. The first-order chi connectivity index (χ1) is 14.6. The summed E-state index contributed by atoms with van der Waals surface area (Å²) in [4.78, 5) is 18.0. The van der Waals surface area contributed by atoms with E-state index in [1.165, 1.54) is 23.2 Å². The molecule has 1 aliphatic heterocycles. The number of aliphatic hydroxyl groups excluding tert-OH is 2. The lowest BCUT2D eigenvalue weighted by molar-refractivity contribution is 0.0176. The predicted molar refractivity (Wildman–Crippen MR) is 110 cm³/mol. The molecule has 3 rings (SSSR count). The topological polar surface area (TPSA) is 85.7 Å². The summed E-state index contributed by atoms with van der Waals surface area (Å²) < 4.78 is 41.7. The number of nitrogens with zero attached hydrogens (tertiary/aromatic N) is 2. The first-order valence-electron chi connectivity index (χ1n) is 9.47. The Morgan fingerprint density at radius 3 is 2.71 bits per heavy atom. The standard InChI is InChI=1S/C21H21ClF3N3O3/c1-21(24,25)15-9-14(2-3-16(15)22)27-20(31)28-6-4-12(5-7-28)19-17(23)8-13(10-26-19)18(30)11-29/h2-4,8-10,18,29-30H,5-7,11H2,1H3,(H,27,31)/t18-/m1/s1. The minimum atomic E-state index is -3.15. The summed E-state index contributed by atoms with van der Waals surface area (Å²) in [5, 5.41) is 21.0. The summed E-state index contributed by atoms with van der Waals surface area (Å²) in [6.07, 6.45) is 2.07. The van der Waals surface area contributed by atoms with E-state index in [2.05, 4.69) is 10.3 Å². The summed E-state index contributed by atoms with van der Waals surface area (Å²) in [5.41, 5.74) is 0.684. The van der Waals surface area contributed by atoms with E-state index >= 15 is 0 Å². The number of hydrogen-bond donors (Lipinski definition) is 3. The Kier molecular flexibility index (Phi) is 6.88. The fraction of sp³-hybridized carbons (Fsp3) is 0.333. The third-order valence-corrected chi connectivity index (χ3v) is 5.24. The monoisotopic (exact) mass is 455 g/mol. The van der Waals surface area contributed by atoms with Gasteiger partial charge in [0, 0.05) is 48.0 Å². The van der Waals surface area contributed by atoms with Gasteiger partial charge in [0.25, 0.3) is 5.92 Å². The van der Waals surface area contributed by atoms with Gasteiger partial charge in [-0.15, -0.1) is 0 Å². The lowest BCUT2D eigenvalue weighted by Crippen LogP contribution is -2.38. The van der Waals surface area contributed by atoms with E-state index < -0.39 is 30.5 Å². The Balaban J connectivity index is 1.68. The van der Waals surface area contributed by atoms with Gasteiger partial charge >= 0.3 is 6.03 Å². The van der Waals surface area contributed by atoms with Crippen LogP contribution in [0.15, 0.2) is 36.5 Å². The Hall–Kier alpha value is -2.62. The molecule has 2 amide bonds. The number of hydrogen-bond acceptors (Lipinski definition) is 4. The zero-order valence-electron chi connectivity index (χ0n) is 16.6. The van der Waals surface area contributed by atoms with Gasteiger partial charge in [-0.1, -0.05) is 17.7 Å². The van der Waals surface area contributed by atoms with Crippen LogP contribution < -0.4 is 5.32 Å². The zero-order chi connectivity index (χ0) is 22.8. The molecule has 6 nitrogen and oxygen atoms in total. The van der Waals surface area contributed by atoms with Crippen LogP contribution in [0.4, 0.5) is 23.7 Å².